The van der Waals surface area contributed by atoms with Gasteiger partial charge in [-0.3, -0.25) is 14.8 Å². The predicted octanol–water partition coefficient (Wildman–Crippen LogP) is 3.50. The highest BCUT2D eigenvalue weighted by molar-refractivity contribution is 7.14. The lowest BCUT2D eigenvalue weighted by atomic mass is 10.2. The molecule has 3 rings (SSSR count). The third kappa shape index (κ3) is 3.26. The highest BCUT2D eigenvalue weighted by Crippen LogP contribution is 2.31. The predicted molar refractivity (Wildman–Crippen MR) is 97.4 cm³/mol. The lowest BCUT2D eigenvalue weighted by Crippen LogP contribution is -2.27. The van der Waals surface area contributed by atoms with Crippen LogP contribution < -0.4 is 10.8 Å². The zero-order valence-corrected chi connectivity index (χ0v) is 15.1. The molecule has 3 N–H and O–H groups in total. The Balaban J connectivity index is 1.82. The molecular formula is C17H16ClN3O3S. The average Bonchev–Trinajstić information content (AvgIpc) is 3.15. The maximum atomic E-state index is 12.6. The maximum absolute atomic E-state index is 12.6. The van der Waals surface area contributed by atoms with Gasteiger partial charge in [0.25, 0.3) is 11.8 Å². The van der Waals surface area contributed by atoms with E-state index in [4.69, 9.17) is 16.8 Å². The first kappa shape index (κ1) is 17.5. The van der Waals surface area contributed by atoms with E-state index in [0.717, 1.165) is 27.1 Å². The van der Waals surface area contributed by atoms with Crippen molar-refractivity contribution in [2.24, 2.45) is 7.05 Å². The summed E-state index contributed by atoms with van der Waals surface area (Å²) in [7, 11) is 1.84. The van der Waals surface area contributed by atoms with E-state index < -0.39 is 5.91 Å². The van der Waals surface area contributed by atoms with Crippen molar-refractivity contribution in [2.75, 3.05) is 0 Å². The quantitative estimate of drug-likeness (QED) is 0.480. The molecule has 0 aliphatic carbocycles. The number of fused-ring (bicyclic) bond motifs is 1. The summed E-state index contributed by atoms with van der Waals surface area (Å²) in [4.78, 5) is 25.1. The minimum atomic E-state index is -0.673. The molecule has 0 unspecified atom stereocenters. The summed E-state index contributed by atoms with van der Waals surface area (Å²) in [5.41, 5.74) is 3.08. The molecule has 0 fully saturated rings. The molecule has 2 heterocycles. The molecule has 1 aromatic carbocycles. The summed E-state index contributed by atoms with van der Waals surface area (Å²) in [6, 6.07) is 10.9. The molecule has 0 aliphatic heterocycles. The van der Waals surface area contributed by atoms with Gasteiger partial charge in [-0.15, -0.1) is 11.3 Å². The van der Waals surface area contributed by atoms with Crippen molar-refractivity contribution in [3.8, 4) is 0 Å². The topological polar surface area (TPSA) is 83.4 Å². The van der Waals surface area contributed by atoms with Gasteiger partial charge in [0.2, 0.25) is 0 Å². The molecule has 1 atom stereocenters. The van der Waals surface area contributed by atoms with Crippen LogP contribution in [0.15, 0.2) is 36.4 Å². The molecule has 25 heavy (non-hydrogen) atoms. The van der Waals surface area contributed by atoms with Crippen molar-refractivity contribution < 1.29 is 14.8 Å². The monoisotopic (exact) mass is 377 g/mol. The maximum Gasteiger partial charge on any atom is 0.286 e. The summed E-state index contributed by atoms with van der Waals surface area (Å²) in [5, 5.41) is 12.9. The van der Waals surface area contributed by atoms with Gasteiger partial charge in [0.15, 0.2) is 0 Å². The number of benzene rings is 1. The molecule has 0 saturated carbocycles. The van der Waals surface area contributed by atoms with Gasteiger partial charge in [-0.05, 0) is 25.1 Å². The number of aromatic nitrogens is 1. The van der Waals surface area contributed by atoms with Gasteiger partial charge in [0.1, 0.15) is 10.6 Å². The fourth-order valence-corrected chi connectivity index (χ4v) is 3.98. The van der Waals surface area contributed by atoms with Gasteiger partial charge in [-0.1, -0.05) is 29.8 Å². The first-order valence-electron chi connectivity index (χ1n) is 7.51. The first-order chi connectivity index (χ1) is 11.9. The number of nitrogens with one attached hydrogen (secondary N) is 2. The van der Waals surface area contributed by atoms with Gasteiger partial charge < -0.3 is 9.88 Å². The Kier molecular flexibility index (Phi) is 4.80. The number of hydrogen-bond donors (Lipinski definition) is 3. The van der Waals surface area contributed by atoms with E-state index in [1.54, 1.807) is 11.5 Å². The first-order valence-corrected chi connectivity index (χ1v) is 8.70. The fraction of sp³-hybridized carbons (Fsp3) is 0.176. The molecule has 0 saturated heterocycles. The van der Waals surface area contributed by atoms with Gasteiger partial charge in [0, 0.05) is 22.8 Å². The molecule has 0 aliphatic rings. The van der Waals surface area contributed by atoms with E-state index in [1.807, 2.05) is 48.9 Å². The van der Waals surface area contributed by atoms with Gasteiger partial charge in [0.05, 0.1) is 11.1 Å². The Bertz CT molecular complexity index is 963. The number of para-hydroxylation sites is 1. The third-order valence-electron chi connectivity index (χ3n) is 3.97. The molecule has 8 heteroatoms. The highest BCUT2D eigenvalue weighted by Gasteiger charge is 2.20. The Hall–Kier alpha value is -2.35. The van der Waals surface area contributed by atoms with Crippen molar-refractivity contribution >= 4 is 45.7 Å². The number of rotatable bonds is 4. The summed E-state index contributed by atoms with van der Waals surface area (Å²) in [5.74, 6) is -0.891. The van der Waals surface area contributed by atoms with E-state index in [-0.39, 0.29) is 21.8 Å². The molecule has 0 bridgehead atoms. The Morgan fingerprint density at radius 1 is 1.24 bits per heavy atom. The van der Waals surface area contributed by atoms with Crippen LogP contribution >= 0.6 is 22.9 Å². The lowest BCUT2D eigenvalue weighted by Gasteiger charge is -2.12. The van der Waals surface area contributed by atoms with E-state index >= 15 is 0 Å². The van der Waals surface area contributed by atoms with E-state index in [2.05, 4.69) is 5.32 Å². The number of hydrogen-bond acceptors (Lipinski definition) is 4. The van der Waals surface area contributed by atoms with Crippen LogP contribution in [0.3, 0.4) is 0 Å². The minimum absolute atomic E-state index is 0.199. The fourth-order valence-electron chi connectivity index (χ4n) is 2.65. The van der Waals surface area contributed by atoms with Crippen LogP contribution in [-0.4, -0.2) is 21.6 Å². The van der Waals surface area contributed by atoms with Crippen LogP contribution in [0.5, 0.6) is 0 Å². The second-order valence-corrected chi connectivity index (χ2v) is 7.10. The van der Waals surface area contributed by atoms with Gasteiger partial charge in [-0.25, -0.2) is 5.48 Å². The summed E-state index contributed by atoms with van der Waals surface area (Å²) >= 11 is 7.14. The van der Waals surface area contributed by atoms with Crippen LogP contribution in [0.4, 0.5) is 0 Å². The zero-order chi connectivity index (χ0) is 18.1. The van der Waals surface area contributed by atoms with Crippen molar-refractivity contribution in [3.05, 3.63) is 56.9 Å². The zero-order valence-electron chi connectivity index (χ0n) is 13.5. The number of amides is 2. The Labute approximate surface area is 153 Å². The number of carbonyl (C=O) groups excluding carboxylic acids is 2. The van der Waals surface area contributed by atoms with Crippen molar-refractivity contribution in [1.82, 2.24) is 15.4 Å². The number of thiophene rings is 1. The molecule has 0 radical (unpaired) electrons. The third-order valence-corrected chi connectivity index (χ3v) is 5.70. The minimum Gasteiger partial charge on any atom is -0.343 e. The van der Waals surface area contributed by atoms with E-state index in [0.29, 0.717) is 5.69 Å². The van der Waals surface area contributed by atoms with E-state index in [1.165, 1.54) is 0 Å². The molecule has 6 nitrogen and oxygen atoms in total. The molecule has 3 aromatic rings. The molecule has 2 amide bonds. The standard InChI is InChI=1S/C17H16ClN3O3S/c1-9(14-8-11(18)15(25-14)17(23)20-24)19-16(22)13-7-10-5-3-4-6-12(10)21(13)2/h3-9,24H,1-2H3,(H,19,22)(H,20,23)/t9-/m0/s1. The number of carbonyl (C=O) groups is 2. The average molecular weight is 378 g/mol. The smallest absolute Gasteiger partial charge is 0.286 e. The van der Waals surface area contributed by atoms with Crippen molar-refractivity contribution in [3.63, 3.8) is 0 Å². The number of nitrogens with zero attached hydrogens (tertiary/aromatic N) is 1. The Morgan fingerprint density at radius 2 is 1.96 bits per heavy atom. The van der Waals surface area contributed by atoms with Gasteiger partial charge in [-0.2, -0.15) is 0 Å². The van der Waals surface area contributed by atoms with Crippen LogP contribution in [0.2, 0.25) is 5.02 Å². The second-order valence-electron chi connectivity index (χ2n) is 5.61. The molecule has 130 valence electrons. The number of hydroxylamine groups is 1. The lowest BCUT2D eigenvalue weighted by molar-refractivity contribution is 0.0711. The van der Waals surface area contributed by atoms with Crippen molar-refractivity contribution in [2.45, 2.75) is 13.0 Å². The number of aryl methyl sites for hydroxylation is 1. The molecule has 2 aromatic heterocycles. The van der Waals surface area contributed by atoms with Gasteiger partial charge >= 0.3 is 0 Å². The van der Waals surface area contributed by atoms with Crippen molar-refractivity contribution in [1.29, 1.82) is 0 Å². The second kappa shape index (κ2) is 6.87. The summed E-state index contributed by atoms with van der Waals surface area (Å²) in [6.07, 6.45) is 0. The van der Waals surface area contributed by atoms with Crippen LogP contribution in [-0.2, 0) is 7.05 Å². The van der Waals surface area contributed by atoms with Crippen LogP contribution in [0.1, 0.15) is 38.0 Å². The van der Waals surface area contributed by atoms with Crippen LogP contribution in [0, 0.1) is 0 Å². The SMILES string of the molecule is C[C@H](NC(=O)c1cc2ccccc2n1C)c1cc(Cl)c(C(=O)NO)s1. The summed E-state index contributed by atoms with van der Waals surface area (Å²) in [6.45, 7) is 1.81. The number of halogens is 1. The Morgan fingerprint density at radius 3 is 2.64 bits per heavy atom. The normalized spacial score (nSPS) is 12.2. The molecule has 0 spiro atoms. The largest absolute Gasteiger partial charge is 0.343 e. The molecular weight excluding hydrogens is 362 g/mol. The highest BCUT2D eigenvalue weighted by atomic mass is 35.5. The van der Waals surface area contributed by atoms with E-state index in [9.17, 15) is 9.59 Å². The summed E-state index contributed by atoms with van der Waals surface area (Å²) < 4.78 is 1.84. The van der Waals surface area contributed by atoms with Crippen LogP contribution in [0.25, 0.3) is 10.9 Å².